The summed E-state index contributed by atoms with van der Waals surface area (Å²) in [6.45, 7) is 1.01. The molecule has 3 aromatic rings. The minimum atomic E-state index is -0.195. The summed E-state index contributed by atoms with van der Waals surface area (Å²) in [4.78, 5) is 23.0. The van der Waals surface area contributed by atoms with Crippen molar-refractivity contribution in [3.63, 3.8) is 0 Å². The first-order chi connectivity index (χ1) is 13.7. The lowest BCUT2D eigenvalue weighted by molar-refractivity contribution is 0.109. The third-order valence-corrected chi connectivity index (χ3v) is 5.35. The average molecular weight is 381 g/mol. The Kier molecular flexibility index (Phi) is 5.23. The van der Waals surface area contributed by atoms with Crippen molar-refractivity contribution in [2.75, 3.05) is 31.6 Å². The molecule has 1 unspecified atom stereocenters. The number of hydrogen-bond acceptors (Lipinski definition) is 5. The monoisotopic (exact) mass is 381 g/mol. The van der Waals surface area contributed by atoms with Gasteiger partial charge < -0.3 is 20.4 Å². The lowest BCUT2D eigenvalue weighted by Crippen LogP contribution is -2.34. The third-order valence-electron chi connectivity index (χ3n) is 5.35. The van der Waals surface area contributed by atoms with E-state index in [1.165, 1.54) is 0 Å². The van der Waals surface area contributed by atoms with Crippen molar-refractivity contribution >= 4 is 22.8 Å². The second-order valence-corrected chi connectivity index (χ2v) is 7.06. The molecule has 28 heavy (non-hydrogen) atoms. The number of carbonyl (C=O) groups is 1. The van der Waals surface area contributed by atoms with Crippen molar-refractivity contribution in [2.24, 2.45) is 11.8 Å². The summed E-state index contributed by atoms with van der Waals surface area (Å²) in [5.41, 5.74) is 2.48. The molecular weight excluding hydrogens is 358 g/mol. The predicted molar refractivity (Wildman–Crippen MR) is 105 cm³/mol. The summed E-state index contributed by atoms with van der Waals surface area (Å²) >= 11 is 0. The molecule has 3 N–H and O–H groups in total. The Morgan fingerprint density at radius 1 is 1.18 bits per heavy atom. The largest absolute Gasteiger partial charge is 0.396 e. The summed E-state index contributed by atoms with van der Waals surface area (Å²) in [5.74, 6) is 0.668. The van der Waals surface area contributed by atoms with Gasteiger partial charge in [0.05, 0.1) is 22.9 Å². The predicted octanol–water partition coefficient (Wildman–Crippen LogP) is 1.88. The summed E-state index contributed by atoms with van der Waals surface area (Å²) in [6.07, 6.45) is 4.14. The normalized spacial score (nSPS) is 16.8. The van der Waals surface area contributed by atoms with Crippen LogP contribution in [0, 0.1) is 11.8 Å². The fourth-order valence-corrected chi connectivity index (χ4v) is 3.66. The highest BCUT2D eigenvalue weighted by Crippen LogP contribution is 2.24. The number of likely N-dealkylation sites (tertiary alicyclic amines) is 1. The number of benzene rings is 1. The highest BCUT2D eigenvalue weighted by Gasteiger charge is 2.31. The van der Waals surface area contributed by atoms with Crippen molar-refractivity contribution in [3.05, 3.63) is 48.9 Å². The van der Waals surface area contributed by atoms with Crippen LogP contribution in [0.3, 0.4) is 0 Å². The number of nitrogens with one attached hydrogen (secondary N) is 1. The van der Waals surface area contributed by atoms with E-state index in [1.54, 1.807) is 17.4 Å². The molecule has 8 nitrogen and oxygen atoms in total. The molecule has 1 aliphatic heterocycles. The molecule has 0 bridgehead atoms. The van der Waals surface area contributed by atoms with E-state index in [9.17, 15) is 15.0 Å². The molecular formula is C20H23N5O3. The van der Waals surface area contributed by atoms with Crippen LogP contribution in [0.1, 0.15) is 6.42 Å². The molecule has 8 heteroatoms. The molecule has 1 fully saturated rings. The topological polar surface area (TPSA) is 104 Å². The summed E-state index contributed by atoms with van der Waals surface area (Å²) in [5, 5.41) is 21.5. The molecule has 1 atom stereocenters. The molecule has 0 saturated carbocycles. The molecule has 0 aliphatic carbocycles. The number of nitrogens with zero attached hydrogens (tertiary/aromatic N) is 4. The van der Waals surface area contributed by atoms with Crippen molar-refractivity contribution in [1.29, 1.82) is 0 Å². The first kappa shape index (κ1) is 18.4. The van der Waals surface area contributed by atoms with E-state index in [-0.39, 0.29) is 31.1 Å². The van der Waals surface area contributed by atoms with Gasteiger partial charge in [-0.1, -0.05) is 12.1 Å². The van der Waals surface area contributed by atoms with E-state index < -0.39 is 0 Å². The van der Waals surface area contributed by atoms with E-state index in [4.69, 9.17) is 0 Å². The van der Waals surface area contributed by atoms with Crippen molar-refractivity contribution in [3.8, 4) is 5.82 Å². The SMILES string of the molecule is O=C(Nc1ccc(-n2cnc3ccccc32)nc1)N1CCC(C(CO)CO)C1. The van der Waals surface area contributed by atoms with Gasteiger partial charge in [0.2, 0.25) is 0 Å². The third kappa shape index (κ3) is 3.56. The summed E-state index contributed by atoms with van der Waals surface area (Å²) in [6, 6.07) is 11.3. The average Bonchev–Trinajstić information content (AvgIpc) is 3.37. The van der Waals surface area contributed by atoms with Crippen molar-refractivity contribution < 1.29 is 15.0 Å². The number of para-hydroxylation sites is 2. The number of carbonyl (C=O) groups excluding carboxylic acids is 1. The van der Waals surface area contributed by atoms with Gasteiger partial charge in [0, 0.05) is 32.2 Å². The van der Waals surface area contributed by atoms with E-state index in [0.29, 0.717) is 18.8 Å². The molecule has 3 heterocycles. The zero-order valence-corrected chi connectivity index (χ0v) is 15.4. The fraction of sp³-hybridized carbons (Fsp3) is 0.350. The van der Waals surface area contributed by atoms with E-state index in [1.807, 2.05) is 41.0 Å². The maximum atomic E-state index is 12.5. The number of aromatic nitrogens is 3. The Labute approximate surface area is 162 Å². The van der Waals surface area contributed by atoms with Crippen LogP contribution in [-0.4, -0.2) is 62.0 Å². The molecule has 1 aliphatic rings. The van der Waals surface area contributed by atoms with Gasteiger partial charge in [0.15, 0.2) is 0 Å². The molecule has 2 amide bonds. The quantitative estimate of drug-likeness (QED) is 0.626. The minimum Gasteiger partial charge on any atom is -0.396 e. The number of aliphatic hydroxyl groups is 2. The van der Waals surface area contributed by atoms with Crippen molar-refractivity contribution in [2.45, 2.75) is 6.42 Å². The number of amides is 2. The first-order valence-corrected chi connectivity index (χ1v) is 9.35. The van der Waals surface area contributed by atoms with E-state index in [2.05, 4.69) is 15.3 Å². The van der Waals surface area contributed by atoms with Crippen LogP contribution in [0.5, 0.6) is 0 Å². The zero-order chi connectivity index (χ0) is 19.5. The van der Waals surface area contributed by atoms with Crippen LogP contribution in [0.2, 0.25) is 0 Å². The van der Waals surface area contributed by atoms with Crippen LogP contribution in [0.15, 0.2) is 48.9 Å². The maximum Gasteiger partial charge on any atom is 0.321 e. The second-order valence-electron chi connectivity index (χ2n) is 7.06. The number of pyridine rings is 1. The van der Waals surface area contributed by atoms with Crippen LogP contribution >= 0.6 is 0 Å². The van der Waals surface area contributed by atoms with Crippen LogP contribution in [0.4, 0.5) is 10.5 Å². The van der Waals surface area contributed by atoms with Gasteiger partial charge in [-0.3, -0.25) is 4.57 Å². The number of urea groups is 1. The summed E-state index contributed by atoms with van der Waals surface area (Å²) < 4.78 is 1.90. The van der Waals surface area contributed by atoms with Gasteiger partial charge >= 0.3 is 6.03 Å². The zero-order valence-electron chi connectivity index (χ0n) is 15.4. The lowest BCUT2D eigenvalue weighted by atomic mass is 9.93. The smallest absolute Gasteiger partial charge is 0.321 e. The maximum absolute atomic E-state index is 12.5. The van der Waals surface area contributed by atoms with Crippen molar-refractivity contribution in [1.82, 2.24) is 19.4 Å². The van der Waals surface area contributed by atoms with Gasteiger partial charge in [-0.15, -0.1) is 0 Å². The number of fused-ring (bicyclic) bond motifs is 1. The molecule has 4 rings (SSSR count). The van der Waals surface area contributed by atoms with E-state index in [0.717, 1.165) is 23.3 Å². The Morgan fingerprint density at radius 2 is 2.00 bits per heavy atom. The Bertz CT molecular complexity index is 952. The number of hydrogen-bond donors (Lipinski definition) is 3. The minimum absolute atomic E-state index is 0.0645. The Hall–Kier alpha value is -2.97. The summed E-state index contributed by atoms with van der Waals surface area (Å²) in [7, 11) is 0. The standard InChI is InChI=1S/C20H23N5O3/c26-11-15(12-27)14-7-8-24(10-14)20(28)23-16-5-6-19(21-9-16)25-13-22-17-3-1-2-4-18(17)25/h1-6,9,13-15,26-27H,7-8,10-12H2,(H,23,28). The van der Waals surface area contributed by atoms with Gasteiger partial charge in [0.25, 0.3) is 0 Å². The number of rotatable bonds is 5. The highest BCUT2D eigenvalue weighted by atomic mass is 16.3. The number of anilines is 1. The van der Waals surface area contributed by atoms with Gasteiger partial charge in [-0.2, -0.15) is 0 Å². The first-order valence-electron chi connectivity index (χ1n) is 9.35. The molecule has 2 aromatic heterocycles. The van der Waals surface area contributed by atoms with Gasteiger partial charge in [0.1, 0.15) is 12.1 Å². The van der Waals surface area contributed by atoms with Gasteiger partial charge in [-0.05, 0) is 36.6 Å². The molecule has 1 aromatic carbocycles. The highest BCUT2D eigenvalue weighted by molar-refractivity contribution is 5.89. The van der Waals surface area contributed by atoms with Gasteiger partial charge in [-0.25, -0.2) is 14.8 Å². The number of aliphatic hydroxyl groups excluding tert-OH is 2. The second kappa shape index (κ2) is 7.95. The number of imidazole rings is 1. The Balaban J connectivity index is 1.42. The fourth-order valence-electron chi connectivity index (χ4n) is 3.66. The molecule has 146 valence electrons. The Morgan fingerprint density at radius 3 is 2.75 bits per heavy atom. The van der Waals surface area contributed by atoms with Crippen LogP contribution in [-0.2, 0) is 0 Å². The van der Waals surface area contributed by atoms with E-state index >= 15 is 0 Å². The lowest BCUT2D eigenvalue weighted by Gasteiger charge is -2.20. The molecule has 0 spiro atoms. The molecule has 1 saturated heterocycles. The van der Waals surface area contributed by atoms with Crippen LogP contribution in [0.25, 0.3) is 16.9 Å². The van der Waals surface area contributed by atoms with Crippen LogP contribution < -0.4 is 5.32 Å². The molecule has 0 radical (unpaired) electrons.